The molecule has 0 aromatic heterocycles. The molecule has 0 spiro atoms. The van der Waals surface area contributed by atoms with Gasteiger partial charge in [-0.25, -0.2) is 14.4 Å². The topological polar surface area (TPSA) is 198 Å². The van der Waals surface area contributed by atoms with Crippen LogP contribution in [-0.4, -0.2) is 87.8 Å². The summed E-state index contributed by atoms with van der Waals surface area (Å²) in [5.74, 6) is -0.657. The largest absolute Gasteiger partial charge is 0.490 e. The van der Waals surface area contributed by atoms with E-state index in [1.54, 1.807) is 24.3 Å². The van der Waals surface area contributed by atoms with Gasteiger partial charge in [0, 0.05) is 41.5 Å². The van der Waals surface area contributed by atoms with Crippen LogP contribution in [0.2, 0.25) is 0 Å². The maximum Gasteiger partial charge on any atom is 0.336 e. The lowest BCUT2D eigenvalue weighted by atomic mass is 9.86. The Balaban J connectivity index is 1.57. The summed E-state index contributed by atoms with van der Waals surface area (Å²) in [5, 5.41) is 10.1. The quantitative estimate of drug-likeness (QED) is 0.0184. The lowest BCUT2D eigenvalue weighted by Gasteiger charge is -2.28. The van der Waals surface area contributed by atoms with Gasteiger partial charge in [0.15, 0.2) is 23.0 Å². The fraction of sp³-hybridized carbons (Fsp3) is 0.592. The van der Waals surface area contributed by atoms with Crippen molar-refractivity contribution >= 4 is 42.0 Å². The van der Waals surface area contributed by atoms with Crippen molar-refractivity contribution in [2.75, 3.05) is 52.9 Å². The number of aliphatic hydroxyl groups excluding tert-OH is 1. The highest BCUT2D eigenvalue weighted by Crippen LogP contribution is 2.56. The van der Waals surface area contributed by atoms with Crippen molar-refractivity contribution in [1.29, 1.82) is 0 Å². The van der Waals surface area contributed by atoms with Crippen molar-refractivity contribution in [1.82, 2.24) is 0 Å². The molecule has 4 rings (SSSR count). The van der Waals surface area contributed by atoms with Gasteiger partial charge in [-0.1, -0.05) is 144 Å². The molecule has 1 saturated carbocycles. The molecule has 0 saturated heterocycles. The first-order chi connectivity index (χ1) is 42.4. The van der Waals surface area contributed by atoms with Gasteiger partial charge in [0.2, 0.25) is 5.75 Å². The van der Waals surface area contributed by atoms with E-state index in [0.29, 0.717) is 124 Å². The van der Waals surface area contributed by atoms with E-state index in [2.05, 4.69) is 34.3 Å². The number of aliphatic hydroxyl groups is 1. The molecule has 1 N–H and O–H groups in total. The van der Waals surface area contributed by atoms with Crippen LogP contribution in [0.15, 0.2) is 73.3 Å². The highest BCUT2D eigenvalue weighted by atomic mass is 16.6. The van der Waals surface area contributed by atoms with Gasteiger partial charge in [-0.3, -0.25) is 9.59 Å². The summed E-state index contributed by atoms with van der Waals surface area (Å²) in [5.41, 5.74) is 0.710. The van der Waals surface area contributed by atoms with E-state index >= 15 is 0 Å². The lowest BCUT2D eigenvalue weighted by molar-refractivity contribution is -0.167. The predicted molar refractivity (Wildman–Crippen MR) is 340 cm³/mol. The molecular formula is C71H102O16. The molecule has 0 bridgehead atoms. The maximum absolute atomic E-state index is 14.4. The number of hydrogen-bond acceptors (Lipinski definition) is 16. The molecule has 0 radical (unpaired) electrons. The molecule has 16 nitrogen and oxygen atoms in total. The van der Waals surface area contributed by atoms with E-state index in [0.717, 1.165) is 122 Å². The average Bonchev–Trinajstić information content (AvgIpc) is 1.68. The van der Waals surface area contributed by atoms with Crippen molar-refractivity contribution in [2.24, 2.45) is 11.3 Å². The first-order valence-electron chi connectivity index (χ1n) is 32.6. The Kier molecular flexibility index (Phi) is 35.9. The van der Waals surface area contributed by atoms with Gasteiger partial charge < -0.3 is 52.5 Å². The van der Waals surface area contributed by atoms with Gasteiger partial charge in [0.25, 0.3) is 0 Å². The van der Waals surface area contributed by atoms with Gasteiger partial charge in [0.05, 0.1) is 57.6 Å². The second-order valence-corrected chi connectivity index (χ2v) is 22.2. The number of esters is 5. The van der Waals surface area contributed by atoms with Crippen molar-refractivity contribution in [2.45, 2.75) is 208 Å². The molecule has 16 heteroatoms. The average molecular weight is 1210 g/mol. The summed E-state index contributed by atoms with van der Waals surface area (Å²) in [7, 11) is 0. The molecule has 3 aromatic rings. The predicted octanol–water partition coefficient (Wildman–Crippen LogP) is 16.2. The third kappa shape index (κ3) is 26.2. The van der Waals surface area contributed by atoms with Gasteiger partial charge in [-0.2, -0.15) is 0 Å². The highest BCUT2D eigenvalue weighted by molar-refractivity contribution is 5.91. The number of unbranched alkanes of at least 4 members (excludes halogenated alkanes) is 14. The fourth-order valence-electron chi connectivity index (χ4n) is 9.82. The summed E-state index contributed by atoms with van der Waals surface area (Å²) < 4.78 is 60.8. The van der Waals surface area contributed by atoms with Crippen molar-refractivity contribution in [3.8, 4) is 40.2 Å². The number of hydrogen-bond donors (Lipinski definition) is 1. The van der Waals surface area contributed by atoms with Crippen LogP contribution < -0.4 is 33.2 Å². The standard InChI is InChI=1S/C71H102O16/c1-8-15-20-24-50-80-65-54(32-40-58(67(65)82-52-26-22-17-10-3)60(31-30-46-72)87-70(77)71(44-45-71)59(13-6)69(76)84-47-19-12-5)34-42-63(74)85-56-36-38-57(39-37-56)86-64(75)43-35-55-33-41-61(78-48-28-29-49-79-62(73)14-7)68(83-53-27-23-18-11-4)66(55)81-51-25-21-16-9-2/h14,32-43,59-60,72H,7-13,15-31,44-53H2,1-6H3/b42-34+,43-35+. The van der Waals surface area contributed by atoms with E-state index < -0.39 is 41.3 Å². The van der Waals surface area contributed by atoms with Gasteiger partial charge >= 0.3 is 29.8 Å². The molecule has 0 aliphatic heterocycles. The Bertz CT molecular complexity index is 2560. The van der Waals surface area contributed by atoms with E-state index in [1.165, 1.54) is 36.4 Å². The van der Waals surface area contributed by atoms with Crippen molar-refractivity contribution < 1.29 is 76.4 Å². The maximum atomic E-state index is 14.4. The summed E-state index contributed by atoms with van der Waals surface area (Å²) >= 11 is 0. The van der Waals surface area contributed by atoms with Crippen LogP contribution in [0.4, 0.5) is 0 Å². The summed E-state index contributed by atoms with van der Waals surface area (Å²) in [6.45, 7) is 18.3. The van der Waals surface area contributed by atoms with Gasteiger partial charge in [0.1, 0.15) is 17.6 Å². The molecule has 0 heterocycles. The number of benzene rings is 3. The molecule has 0 amide bonds. The zero-order valence-electron chi connectivity index (χ0n) is 53.3. The number of ether oxygens (including phenoxy) is 10. The third-order valence-corrected chi connectivity index (χ3v) is 15.0. The summed E-state index contributed by atoms with van der Waals surface area (Å²) in [4.78, 5) is 66.1. The minimum atomic E-state index is -0.997. The van der Waals surface area contributed by atoms with E-state index in [4.69, 9.17) is 47.4 Å². The monoisotopic (exact) mass is 1210 g/mol. The van der Waals surface area contributed by atoms with Crippen LogP contribution in [0, 0.1) is 11.3 Å². The van der Waals surface area contributed by atoms with Crippen molar-refractivity contribution in [3.63, 3.8) is 0 Å². The van der Waals surface area contributed by atoms with E-state index in [1.807, 2.05) is 26.0 Å². The minimum absolute atomic E-state index is 0.133. The zero-order valence-corrected chi connectivity index (χ0v) is 53.3. The molecule has 1 fully saturated rings. The summed E-state index contributed by atoms with van der Waals surface area (Å²) in [6.07, 6.45) is 26.7. The van der Waals surface area contributed by atoms with Crippen LogP contribution in [0.3, 0.4) is 0 Å². The summed E-state index contributed by atoms with van der Waals surface area (Å²) in [6, 6.07) is 13.3. The minimum Gasteiger partial charge on any atom is -0.490 e. The Labute approximate surface area is 519 Å². The fourth-order valence-corrected chi connectivity index (χ4v) is 9.82. The van der Waals surface area contributed by atoms with Crippen molar-refractivity contribution in [3.05, 3.63) is 90.0 Å². The number of carbonyl (C=O) groups is 5. The molecule has 3 aromatic carbocycles. The first kappa shape index (κ1) is 72.7. The Morgan fingerprint density at radius 3 is 1.43 bits per heavy atom. The normalized spacial score (nSPS) is 13.1. The Morgan fingerprint density at radius 2 is 0.943 bits per heavy atom. The van der Waals surface area contributed by atoms with E-state index in [9.17, 15) is 29.1 Å². The Morgan fingerprint density at radius 1 is 0.494 bits per heavy atom. The molecule has 2 atom stereocenters. The van der Waals surface area contributed by atoms with Gasteiger partial charge in [-0.15, -0.1) is 0 Å². The Hall–Kier alpha value is -6.81. The SMILES string of the molecule is C=CC(=O)OCCCCOc1ccc(/C=C/C(=O)Oc2ccc(OC(=O)/C=C/c3ccc(C(CCCO)OC(=O)C4(C(CC)C(=O)OCCCC)CC4)c(OCCCCCC)c3OCCCCCC)cc2)c(OCCCCCC)c1OCCCCCC. The lowest BCUT2D eigenvalue weighted by Crippen LogP contribution is -2.35. The van der Waals surface area contributed by atoms with Crippen LogP contribution in [0.5, 0.6) is 40.2 Å². The highest BCUT2D eigenvalue weighted by Gasteiger charge is 2.60. The van der Waals surface area contributed by atoms with E-state index in [-0.39, 0.29) is 37.1 Å². The van der Waals surface area contributed by atoms with Crippen LogP contribution in [0.25, 0.3) is 12.2 Å². The molecule has 87 heavy (non-hydrogen) atoms. The molecule has 482 valence electrons. The van der Waals surface area contributed by atoms with Crippen LogP contribution in [-0.2, 0) is 38.2 Å². The first-order valence-corrected chi connectivity index (χ1v) is 32.6. The van der Waals surface area contributed by atoms with Gasteiger partial charge in [-0.05, 0) is 126 Å². The molecule has 1 aliphatic rings. The molecular weight excluding hydrogens is 1110 g/mol. The second kappa shape index (κ2) is 42.9. The zero-order chi connectivity index (χ0) is 62.9. The van der Waals surface area contributed by atoms with Crippen LogP contribution >= 0.6 is 0 Å². The smallest absolute Gasteiger partial charge is 0.336 e. The number of rotatable bonds is 49. The second-order valence-electron chi connectivity index (χ2n) is 22.2. The van der Waals surface area contributed by atoms with Crippen LogP contribution in [0.1, 0.15) is 225 Å². The third-order valence-electron chi connectivity index (χ3n) is 15.0. The molecule has 1 aliphatic carbocycles. The molecule has 2 unspecified atom stereocenters. The number of carbonyl (C=O) groups excluding carboxylic acids is 5.